The first-order chi connectivity index (χ1) is 20.1. The molecule has 1 heterocycles. The van der Waals surface area contributed by atoms with Gasteiger partial charge in [0.2, 0.25) is 11.8 Å². The van der Waals surface area contributed by atoms with Crippen molar-refractivity contribution in [1.82, 2.24) is 10.3 Å². The van der Waals surface area contributed by atoms with E-state index < -0.39 is 60.3 Å². The third-order valence-electron chi connectivity index (χ3n) is 7.68. The number of hydrogen-bond donors (Lipinski definition) is 1. The van der Waals surface area contributed by atoms with Crippen LogP contribution in [0.5, 0.6) is 0 Å². The van der Waals surface area contributed by atoms with Gasteiger partial charge in [-0.25, -0.2) is 18.0 Å². The van der Waals surface area contributed by atoms with Crippen molar-refractivity contribution < 1.29 is 27.6 Å². The number of pyridine rings is 1. The van der Waals surface area contributed by atoms with Gasteiger partial charge in [-0.2, -0.15) is 0 Å². The number of carbonyl (C=O) groups is 3. The van der Waals surface area contributed by atoms with Crippen LogP contribution < -0.4 is 10.2 Å². The van der Waals surface area contributed by atoms with Gasteiger partial charge >= 0.3 is 0 Å². The highest BCUT2D eigenvalue weighted by Gasteiger charge is 2.48. The molecule has 7 nitrogen and oxygen atoms in total. The van der Waals surface area contributed by atoms with Crippen molar-refractivity contribution in [2.75, 3.05) is 4.90 Å². The summed E-state index contributed by atoms with van der Waals surface area (Å²) in [5, 5.41) is 2.74. The maximum absolute atomic E-state index is 14.6. The van der Waals surface area contributed by atoms with Gasteiger partial charge in [-0.3, -0.25) is 24.3 Å². The van der Waals surface area contributed by atoms with Crippen molar-refractivity contribution in [3.05, 3.63) is 100 Å². The highest BCUT2D eigenvalue weighted by Crippen LogP contribution is 2.42. The predicted molar refractivity (Wildman–Crippen MR) is 150 cm³/mol. The van der Waals surface area contributed by atoms with Crippen molar-refractivity contribution in [3.63, 3.8) is 0 Å². The van der Waals surface area contributed by atoms with E-state index in [1.807, 2.05) is 0 Å². The number of nitrogens with one attached hydrogen (secondary N) is 1. The SMILES string of the molecule is [C-]#[N+]c1ccnc(C2C(=O)CCC[C@H]2C(=O)N(c2cccc(F)c2)[C@H](C(=O)NC2CC(F)(F)C2)c2ccccc2Cl)c1. The molecule has 0 radical (unpaired) electrons. The molecule has 3 aromatic rings. The zero-order valence-electron chi connectivity index (χ0n) is 22.3. The van der Waals surface area contributed by atoms with Crippen LogP contribution >= 0.6 is 11.6 Å². The van der Waals surface area contributed by atoms with Crippen molar-refractivity contribution in [2.45, 2.75) is 56.0 Å². The van der Waals surface area contributed by atoms with Crippen LogP contribution in [0.2, 0.25) is 5.02 Å². The number of aromatic nitrogens is 1. The normalized spacial score (nSPS) is 20.6. The average molecular weight is 595 g/mol. The molecule has 2 amide bonds. The molecular weight excluding hydrogens is 569 g/mol. The van der Waals surface area contributed by atoms with E-state index in [2.05, 4.69) is 15.1 Å². The molecule has 1 aromatic heterocycles. The molecule has 42 heavy (non-hydrogen) atoms. The van der Waals surface area contributed by atoms with Gasteiger partial charge in [-0.05, 0) is 49.2 Å². The summed E-state index contributed by atoms with van der Waals surface area (Å²) in [5.41, 5.74) is 0.726. The van der Waals surface area contributed by atoms with Crippen LogP contribution in [0.3, 0.4) is 0 Å². The second-order valence-electron chi connectivity index (χ2n) is 10.6. The lowest BCUT2D eigenvalue weighted by Crippen LogP contribution is -2.55. The van der Waals surface area contributed by atoms with E-state index in [4.69, 9.17) is 18.2 Å². The van der Waals surface area contributed by atoms with Crippen LogP contribution in [0.4, 0.5) is 24.5 Å². The molecule has 0 aliphatic heterocycles. The topological polar surface area (TPSA) is 83.7 Å². The van der Waals surface area contributed by atoms with Crippen LogP contribution in [0.1, 0.15) is 55.3 Å². The smallest absolute Gasteiger partial charge is 0.252 e. The standard InChI is InChI=1S/C31H26ClF3N4O3/c1-36-19-12-13-37-25(15-19)27-23(9-5-11-26(27)40)30(42)39(21-7-4-6-18(33)14-21)28(22-8-2-3-10-24(22)32)29(41)38-20-16-31(34,35)17-20/h2-4,6-8,10,12-15,20,23,27-28H,5,9,11,16-17H2,(H,38,41)/t23-,27?,28+/m1/s1. The molecule has 216 valence electrons. The van der Waals surface area contributed by atoms with E-state index in [1.54, 1.807) is 12.1 Å². The third-order valence-corrected chi connectivity index (χ3v) is 8.03. The first-order valence-corrected chi connectivity index (χ1v) is 13.8. The van der Waals surface area contributed by atoms with Crippen LogP contribution in [0.25, 0.3) is 4.85 Å². The number of alkyl halides is 2. The molecule has 2 aromatic carbocycles. The number of benzene rings is 2. The minimum Gasteiger partial charge on any atom is -0.351 e. The number of rotatable bonds is 7. The van der Waals surface area contributed by atoms with Crippen molar-refractivity contribution in [2.24, 2.45) is 5.92 Å². The number of hydrogen-bond acceptors (Lipinski definition) is 4. The van der Waals surface area contributed by atoms with Gasteiger partial charge in [0.25, 0.3) is 5.92 Å². The zero-order chi connectivity index (χ0) is 30.0. The zero-order valence-corrected chi connectivity index (χ0v) is 23.0. The molecule has 2 aliphatic rings. The number of halogens is 4. The first-order valence-electron chi connectivity index (χ1n) is 13.5. The molecule has 2 saturated carbocycles. The Morgan fingerprint density at radius 3 is 2.57 bits per heavy atom. The van der Waals surface area contributed by atoms with E-state index in [0.717, 1.165) is 11.0 Å². The maximum Gasteiger partial charge on any atom is 0.252 e. The highest BCUT2D eigenvalue weighted by molar-refractivity contribution is 6.31. The largest absolute Gasteiger partial charge is 0.351 e. The fourth-order valence-electron chi connectivity index (χ4n) is 5.70. The number of nitrogens with zero attached hydrogens (tertiary/aromatic N) is 3. The second kappa shape index (κ2) is 11.9. The van der Waals surface area contributed by atoms with Crippen LogP contribution in [0.15, 0.2) is 66.9 Å². The molecule has 1 unspecified atom stereocenters. The molecule has 11 heteroatoms. The van der Waals surface area contributed by atoms with Gasteiger partial charge in [0, 0.05) is 53.5 Å². The van der Waals surface area contributed by atoms with E-state index in [9.17, 15) is 27.6 Å². The number of Topliss-reactive ketones (excluding diaryl/α,β-unsaturated/α-hetero) is 1. The minimum absolute atomic E-state index is 0.0265. The lowest BCUT2D eigenvalue weighted by Gasteiger charge is -2.40. The fourth-order valence-corrected chi connectivity index (χ4v) is 5.94. The van der Waals surface area contributed by atoms with Crippen molar-refractivity contribution in [1.29, 1.82) is 0 Å². The quantitative estimate of drug-likeness (QED) is 0.314. The summed E-state index contributed by atoms with van der Waals surface area (Å²) in [4.78, 5) is 50.6. The van der Waals surface area contributed by atoms with Crippen molar-refractivity contribution >= 4 is 40.6 Å². The summed E-state index contributed by atoms with van der Waals surface area (Å²) in [6, 6.07) is 12.0. The van der Waals surface area contributed by atoms with Crippen LogP contribution in [0, 0.1) is 18.3 Å². The summed E-state index contributed by atoms with van der Waals surface area (Å²) in [6.07, 6.45) is 1.14. The molecule has 2 fully saturated rings. The molecule has 1 N–H and O–H groups in total. The first kappa shape index (κ1) is 29.3. The lowest BCUT2D eigenvalue weighted by atomic mass is 9.75. The summed E-state index contributed by atoms with van der Waals surface area (Å²) in [7, 11) is 0. The van der Waals surface area contributed by atoms with Crippen molar-refractivity contribution in [3.8, 4) is 0 Å². The molecule has 0 saturated heterocycles. The Balaban J connectivity index is 1.62. The Morgan fingerprint density at radius 1 is 1.12 bits per heavy atom. The molecule has 3 atom stereocenters. The fraction of sp³-hybridized carbons (Fsp3) is 0.323. The predicted octanol–water partition coefficient (Wildman–Crippen LogP) is 6.57. The monoisotopic (exact) mass is 594 g/mol. The number of ketones is 1. The highest BCUT2D eigenvalue weighted by atomic mass is 35.5. The molecular formula is C31H26ClF3N4O3. The summed E-state index contributed by atoms with van der Waals surface area (Å²) in [5.74, 6) is -7.27. The molecule has 5 rings (SSSR count). The van der Waals surface area contributed by atoms with E-state index in [-0.39, 0.29) is 46.3 Å². The summed E-state index contributed by atoms with van der Waals surface area (Å²) < 4.78 is 41.8. The van der Waals surface area contributed by atoms with E-state index >= 15 is 0 Å². The van der Waals surface area contributed by atoms with Gasteiger partial charge in [-0.1, -0.05) is 35.9 Å². The van der Waals surface area contributed by atoms with Crippen LogP contribution in [-0.2, 0) is 14.4 Å². The Morgan fingerprint density at radius 2 is 1.88 bits per heavy atom. The average Bonchev–Trinajstić information content (AvgIpc) is 2.95. The van der Waals surface area contributed by atoms with Crippen LogP contribution in [-0.4, -0.2) is 34.5 Å². The summed E-state index contributed by atoms with van der Waals surface area (Å²) >= 11 is 6.52. The summed E-state index contributed by atoms with van der Waals surface area (Å²) in [6.45, 7) is 7.36. The van der Waals surface area contributed by atoms with Gasteiger partial charge in [-0.15, -0.1) is 0 Å². The van der Waals surface area contributed by atoms with E-state index in [0.29, 0.717) is 6.42 Å². The Kier molecular flexibility index (Phi) is 8.32. The van der Waals surface area contributed by atoms with Gasteiger partial charge < -0.3 is 5.32 Å². The van der Waals surface area contributed by atoms with E-state index in [1.165, 1.54) is 48.7 Å². The number of carbonyl (C=O) groups excluding carboxylic acids is 3. The van der Waals surface area contributed by atoms with Gasteiger partial charge in [0.15, 0.2) is 5.69 Å². The van der Waals surface area contributed by atoms with Gasteiger partial charge in [0.05, 0.1) is 18.4 Å². The second-order valence-corrected chi connectivity index (χ2v) is 11.0. The maximum atomic E-state index is 14.6. The molecule has 2 aliphatic carbocycles. The number of anilines is 1. The molecule has 0 bridgehead atoms. The van der Waals surface area contributed by atoms with Gasteiger partial charge in [0.1, 0.15) is 17.6 Å². The minimum atomic E-state index is -2.90. The Bertz CT molecular complexity index is 1570. The lowest BCUT2D eigenvalue weighted by molar-refractivity contribution is -0.135. The number of amides is 2. The molecule has 0 spiro atoms. The third kappa shape index (κ3) is 6.02. The Hall–Kier alpha value is -4.23. The Labute approximate surface area is 245 Å².